The van der Waals surface area contributed by atoms with Crippen LogP contribution in [0.5, 0.6) is 0 Å². The van der Waals surface area contributed by atoms with Gasteiger partial charge in [-0.3, -0.25) is 4.79 Å². The van der Waals surface area contributed by atoms with E-state index < -0.39 is 22.2 Å². The normalized spacial score (nSPS) is 14.9. The third-order valence-corrected chi connectivity index (χ3v) is 1.54. The van der Waals surface area contributed by atoms with E-state index in [-0.39, 0.29) is 5.92 Å². The fourth-order valence-corrected chi connectivity index (χ4v) is 0.497. The van der Waals surface area contributed by atoms with E-state index in [9.17, 15) is 13.2 Å². The summed E-state index contributed by atoms with van der Waals surface area (Å²) in [7, 11) is -3.67. The largest absolute Gasteiger partial charge is 0.480 e. The standard InChI is InChI=1S/C6H13NO2.H4N2O2S/c1-3-4(2)5(7)6(8)9;1-5(2,3)4/h4-5H,3,7H2,1-2H3,(H,8,9);(H4,1,2,3,4). The van der Waals surface area contributed by atoms with Crippen LogP contribution in [0.2, 0.25) is 0 Å². The first-order valence-electron chi connectivity index (χ1n) is 3.88. The van der Waals surface area contributed by atoms with Crippen molar-refractivity contribution in [3.8, 4) is 0 Å². The highest BCUT2D eigenvalue weighted by Gasteiger charge is 2.17. The molecule has 0 aliphatic carbocycles. The molecule has 7 nitrogen and oxygen atoms in total. The first kappa shape index (κ1) is 15.8. The van der Waals surface area contributed by atoms with Crippen LogP contribution in [-0.2, 0) is 15.0 Å². The second-order valence-electron chi connectivity index (χ2n) is 2.84. The number of aliphatic carboxylic acids is 1. The lowest BCUT2D eigenvalue weighted by Gasteiger charge is -2.11. The third kappa shape index (κ3) is 13.9. The summed E-state index contributed by atoms with van der Waals surface area (Å²) in [5.41, 5.74) is 5.27. The van der Waals surface area contributed by atoms with Crippen LogP contribution in [-0.4, -0.2) is 25.5 Å². The van der Waals surface area contributed by atoms with Gasteiger partial charge >= 0.3 is 5.97 Å². The van der Waals surface area contributed by atoms with Crippen LogP contribution < -0.4 is 16.0 Å². The molecule has 0 saturated heterocycles. The predicted octanol–water partition coefficient (Wildman–Crippen LogP) is -1.41. The number of carbonyl (C=O) groups is 1. The van der Waals surface area contributed by atoms with Gasteiger partial charge < -0.3 is 10.8 Å². The Morgan fingerprint density at radius 2 is 1.71 bits per heavy atom. The van der Waals surface area contributed by atoms with Crippen LogP contribution >= 0.6 is 0 Å². The maximum atomic E-state index is 10.2. The van der Waals surface area contributed by atoms with Crippen molar-refractivity contribution < 1.29 is 18.3 Å². The molecule has 0 spiro atoms. The van der Waals surface area contributed by atoms with Gasteiger partial charge in [0.25, 0.3) is 10.2 Å². The molecule has 0 aliphatic rings. The van der Waals surface area contributed by atoms with Gasteiger partial charge in [-0.25, -0.2) is 10.3 Å². The fraction of sp³-hybridized carbons (Fsp3) is 0.833. The zero-order chi connectivity index (χ0) is 11.9. The summed E-state index contributed by atoms with van der Waals surface area (Å²) in [4.78, 5) is 10.2. The van der Waals surface area contributed by atoms with Crippen molar-refractivity contribution in [2.45, 2.75) is 26.3 Å². The van der Waals surface area contributed by atoms with E-state index in [0.717, 1.165) is 6.42 Å². The summed E-state index contributed by atoms with van der Waals surface area (Å²) in [6.45, 7) is 3.76. The third-order valence-electron chi connectivity index (χ3n) is 1.54. The lowest BCUT2D eigenvalue weighted by molar-refractivity contribution is -0.139. The maximum Gasteiger partial charge on any atom is 0.320 e. The Bertz CT molecular complexity index is 256. The predicted molar refractivity (Wildman–Crippen MR) is 52.4 cm³/mol. The molecular weight excluding hydrogens is 210 g/mol. The van der Waals surface area contributed by atoms with Crippen molar-refractivity contribution in [1.29, 1.82) is 0 Å². The van der Waals surface area contributed by atoms with Crippen molar-refractivity contribution in [3.63, 3.8) is 0 Å². The molecule has 0 aromatic carbocycles. The molecule has 0 aromatic rings. The summed E-state index contributed by atoms with van der Waals surface area (Å²) in [6.07, 6.45) is 0.813. The summed E-state index contributed by atoms with van der Waals surface area (Å²) in [6, 6.07) is -0.699. The van der Waals surface area contributed by atoms with Gasteiger partial charge in [-0.1, -0.05) is 20.3 Å². The number of carboxylic acid groups (broad SMARTS) is 1. The Morgan fingerprint density at radius 1 is 1.43 bits per heavy atom. The zero-order valence-corrected chi connectivity index (χ0v) is 8.99. The van der Waals surface area contributed by atoms with Gasteiger partial charge in [0.1, 0.15) is 6.04 Å². The quantitative estimate of drug-likeness (QED) is 0.467. The molecule has 0 fully saturated rings. The van der Waals surface area contributed by atoms with Crippen molar-refractivity contribution in [3.05, 3.63) is 0 Å². The maximum absolute atomic E-state index is 10.2. The SMILES string of the molecule is CCC(C)C(N)C(=O)O.NS(N)(=O)=O. The first-order chi connectivity index (χ1) is 6.09. The molecule has 2 unspecified atom stereocenters. The van der Waals surface area contributed by atoms with Gasteiger partial charge in [0.05, 0.1) is 0 Å². The highest BCUT2D eigenvalue weighted by atomic mass is 32.2. The summed E-state index contributed by atoms with van der Waals surface area (Å²) in [5, 5.41) is 16.6. The molecule has 0 aromatic heterocycles. The van der Waals surface area contributed by atoms with E-state index in [0.29, 0.717) is 0 Å². The van der Waals surface area contributed by atoms with Crippen LogP contribution in [0, 0.1) is 5.92 Å². The number of rotatable bonds is 3. The van der Waals surface area contributed by atoms with Gasteiger partial charge in [-0.15, -0.1) is 0 Å². The topological polar surface area (TPSA) is 150 Å². The molecule has 7 N–H and O–H groups in total. The van der Waals surface area contributed by atoms with Crippen LogP contribution in [0.15, 0.2) is 0 Å². The Labute approximate surface area is 83.4 Å². The molecule has 0 radical (unpaired) electrons. The Balaban J connectivity index is 0. The van der Waals surface area contributed by atoms with Crippen molar-refractivity contribution in [2.75, 3.05) is 0 Å². The molecule has 0 aliphatic heterocycles. The number of hydrogen-bond donors (Lipinski definition) is 4. The van der Waals surface area contributed by atoms with Gasteiger partial charge in [0.2, 0.25) is 0 Å². The second-order valence-corrected chi connectivity index (χ2v) is 4.02. The van der Waals surface area contributed by atoms with Gasteiger partial charge in [0, 0.05) is 0 Å². The molecule has 0 amide bonds. The number of nitrogens with two attached hydrogens (primary N) is 3. The van der Waals surface area contributed by atoms with Crippen molar-refractivity contribution in [1.82, 2.24) is 0 Å². The number of carboxylic acids is 1. The molecule has 0 bridgehead atoms. The first-order valence-corrected chi connectivity index (χ1v) is 5.49. The minimum Gasteiger partial charge on any atom is -0.480 e. The van der Waals surface area contributed by atoms with E-state index in [4.69, 9.17) is 10.8 Å². The molecule has 2 atom stereocenters. The molecular formula is C6H17N3O4S. The van der Waals surface area contributed by atoms with Crippen LogP contribution in [0.3, 0.4) is 0 Å². The van der Waals surface area contributed by atoms with E-state index in [1.54, 1.807) is 0 Å². The molecule has 0 heterocycles. The monoisotopic (exact) mass is 227 g/mol. The van der Waals surface area contributed by atoms with Crippen LogP contribution in [0.25, 0.3) is 0 Å². The lowest BCUT2D eigenvalue weighted by Crippen LogP contribution is -2.36. The molecule has 0 saturated carbocycles. The van der Waals surface area contributed by atoms with E-state index in [2.05, 4.69) is 10.3 Å². The molecule has 86 valence electrons. The Morgan fingerprint density at radius 3 is 1.79 bits per heavy atom. The smallest absolute Gasteiger partial charge is 0.320 e. The molecule has 0 rings (SSSR count). The molecule has 14 heavy (non-hydrogen) atoms. The summed E-state index contributed by atoms with van der Waals surface area (Å²) >= 11 is 0. The average Bonchev–Trinajstić information content (AvgIpc) is 1.98. The Kier molecular flexibility index (Phi) is 7.55. The number of hydrogen-bond acceptors (Lipinski definition) is 4. The van der Waals surface area contributed by atoms with Gasteiger partial charge in [-0.05, 0) is 5.92 Å². The van der Waals surface area contributed by atoms with Crippen molar-refractivity contribution >= 4 is 16.2 Å². The summed E-state index contributed by atoms with van der Waals surface area (Å²) in [5.74, 6) is -0.841. The van der Waals surface area contributed by atoms with E-state index >= 15 is 0 Å². The van der Waals surface area contributed by atoms with Crippen LogP contribution in [0.1, 0.15) is 20.3 Å². The van der Waals surface area contributed by atoms with Crippen LogP contribution in [0.4, 0.5) is 0 Å². The Hall–Kier alpha value is -0.700. The zero-order valence-electron chi connectivity index (χ0n) is 8.17. The fourth-order valence-electron chi connectivity index (χ4n) is 0.497. The second kappa shape index (κ2) is 6.71. The van der Waals surface area contributed by atoms with E-state index in [1.165, 1.54) is 0 Å². The minimum absolute atomic E-state index is 0.0718. The highest BCUT2D eigenvalue weighted by molar-refractivity contribution is 7.86. The van der Waals surface area contributed by atoms with Crippen molar-refractivity contribution in [2.24, 2.45) is 21.9 Å². The highest BCUT2D eigenvalue weighted by Crippen LogP contribution is 2.04. The van der Waals surface area contributed by atoms with Gasteiger partial charge in [0.15, 0.2) is 0 Å². The van der Waals surface area contributed by atoms with Gasteiger partial charge in [-0.2, -0.15) is 8.42 Å². The summed E-state index contributed by atoms with van der Waals surface area (Å²) < 4.78 is 18.4. The van der Waals surface area contributed by atoms with E-state index in [1.807, 2.05) is 13.8 Å². The molecule has 8 heteroatoms. The minimum atomic E-state index is -3.67. The average molecular weight is 227 g/mol. The lowest BCUT2D eigenvalue weighted by atomic mass is 10.0.